The first kappa shape index (κ1) is 14.7. The second-order valence-electron chi connectivity index (χ2n) is 5.90. The van der Waals surface area contributed by atoms with Gasteiger partial charge in [0.1, 0.15) is 0 Å². The third kappa shape index (κ3) is 2.00. The highest BCUT2D eigenvalue weighted by Crippen LogP contribution is 2.38. The van der Waals surface area contributed by atoms with E-state index in [1.807, 2.05) is 47.8 Å². The molecule has 0 aliphatic rings. The third-order valence-electron chi connectivity index (χ3n) is 4.49. The van der Waals surface area contributed by atoms with E-state index in [9.17, 15) is 8.42 Å². The summed E-state index contributed by atoms with van der Waals surface area (Å²) in [5.41, 5.74) is 1.47. The van der Waals surface area contributed by atoms with Crippen molar-refractivity contribution in [3.63, 3.8) is 0 Å². The first-order chi connectivity index (χ1) is 12.2. The van der Waals surface area contributed by atoms with Crippen molar-refractivity contribution in [3.8, 4) is 0 Å². The van der Waals surface area contributed by atoms with Gasteiger partial charge in [-0.15, -0.1) is 11.3 Å². The highest BCUT2D eigenvalue weighted by molar-refractivity contribution is 7.90. The molecule has 2 heterocycles. The average molecular weight is 363 g/mol. The molecular formula is C20H13NO2S2. The predicted molar refractivity (Wildman–Crippen MR) is 104 cm³/mol. The number of nitrogens with zero attached hydrogens (tertiary/aromatic N) is 1. The summed E-state index contributed by atoms with van der Waals surface area (Å²) in [6.07, 6.45) is 0. The molecule has 0 unspecified atom stereocenters. The van der Waals surface area contributed by atoms with E-state index in [2.05, 4.69) is 6.07 Å². The molecule has 0 bridgehead atoms. The molecule has 0 amide bonds. The average Bonchev–Trinajstić information content (AvgIpc) is 3.24. The first-order valence-electron chi connectivity index (χ1n) is 7.88. The van der Waals surface area contributed by atoms with Crippen LogP contribution in [0.25, 0.3) is 31.9 Å². The topological polar surface area (TPSA) is 39.1 Å². The molecule has 25 heavy (non-hydrogen) atoms. The fourth-order valence-electron chi connectivity index (χ4n) is 3.38. The van der Waals surface area contributed by atoms with Gasteiger partial charge in [0.2, 0.25) is 0 Å². The zero-order chi connectivity index (χ0) is 17.0. The smallest absolute Gasteiger partial charge is 0.232 e. The van der Waals surface area contributed by atoms with E-state index in [-0.39, 0.29) is 0 Å². The van der Waals surface area contributed by atoms with Crippen LogP contribution in [0.2, 0.25) is 0 Å². The van der Waals surface area contributed by atoms with Gasteiger partial charge in [-0.1, -0.05) is 48.5 Å². The van der Waals surface area contributed by atoms with E-state index in [4.69, 9.17) is 0 Å². The molecular weight excluding hydrogens is 350 g/mol. The maximum absolute atomic E-state index is 13.5. The quantitative estimate of drug-likeness (QED) is 0.430. The number of rotatable bonds is 2. The molecule has 0 aliphatic heterocycles. The summed E-state index contributed by atoms with van der Waals surface area (Å²) in [6.45, 7) is 0. The molecule has 5 rings (SSSR count). The Kier molecular flexibility index (Phi) is 3.04. The van der Waals surface area contributed by atoms with E-state index in [0.717, 1.165) is 26.4 Å². The maximum atomic E-state index is 13.5. The molecule has 0 atom stereocenters. The Morgan fingerprint density at radius 1 is 0.760 bits per heavy atom. The fraction of sp³-hybridized carbons (Fsp3) is 0. The van der Waals surface area contributed by atoms with Crippen LogP contribution >= 0.6 is 11.3 Å². The van der Waals surface area contributed by atoms with E-state index in [1.54, 1.807) is 35.6 Å². The summed E-state index contributed by atoms with van der Waals surface area (Å²) in [7, 11) is -3.69. The van der Waals surface area contributed by atoms with Gasteiger partial charge in [0.05, 0.1) is 20.6 Å². The number of benzene rings is 3. The van der Waals surface area contributed by atoms with E-state index in [1.165, 1.54) is 3.97 Å². The molecule has 5 heteroatoms. The number of aromatic nitrogens is 1. The van der Waals surface area contributed by atoms with E-state index >= 15 is 0 Å². The lowest BCUT2D eigenvalue weighted by atomic mass is 10.1. The highest BCUT2D eigenvalue weighted by atomic mass is 32.2. The van der Waals surface area contributed by atoms with Crippen LogP contribution in [0.5, 0.6) is 0 Å². The van der Waals surface area contributed by atoms with Gasteiger partial charge in [-0.2, -0.15) is 0 Å². The van der Waals surface area contributed by atoms with Gasteiger partial charge in [-0.3, -0.25) is 0 Å². The number of fused-ring (bicyclic) bond motifs is 5. The maximum Gasteiger partial charge on any atom is 0.268 e. The van der Waals surface area contributed by atoms with E-state index in [0.29, 0.717) is 10.4 Å². The lowest BCUT2D eigenvalue weighted by Crippen LogP contribution is -2.12. The Bertz CT molecular complexity index is 1350. The molecule has 0 fully saturated rings. The van der Waals surface area contributed by atoms with Crippen molar-refractivity contribution >= 4 is 53.3 Å². The minimum Gasteiger partial charge on any atom is -0.232 e. The van der Waals surface area contributed by atoms with Gasteiger partial charge in [0.15, 0.2) is 0 Å². The van der Waals surface area contributed by atoms with Crippen LogP contribution < -0.4 is 0 Å². The van der Waals surface area contributed by atoms with Crippen LogP contribution in [-0.2, 0) is 10.0 Å². The molecule has 0 spiro atoms. The minimum atomic E-state index is -3.69. The van der Waals surface area contributed by atoms with Crippen LogP contribution in [-0.4, -0.2) is 12.4 Å². The fourth-order valence-corrected chi connectivity index (χ4v) is 5.94. The second kappa shape index (κ2) is 5.18. The Hall–Kier alpha value is -2.63. The largest absolute Gasteiger partial charge is 0.268 e. The van der Waals surface area contributed by atoms with Gasteiger partial charge in [-0.05, 0) is 35.0 Å². The Labute approximate surface area is 148 Å². The van der Waals surface area contributed by atoms with Crippen LogP contribution in [0.3, 0.4) is 0 Å². The molecule has 0 radical (unpaired) electrons. The molecule has 0 N–H and O–H groups in total. The predicted octanol–water partition coefficient (Wildman–Crippen LogP) is 5.25. The van der Waals surface area contributed by atoms with Crippen molar-refractivity contribution in [1.82, 2.24) is 3.97 Å². The minimum absolute atomic E-state index is 0.297. The summed E-state index contributed by atoms with van der Waals surface area (Å²) in [5, 5.41) is 4.98. The van der Waals surface area contributed by atoms with Gasteiger partial charge < -0.3 is 0 Å². The normalized spacial score (nSPS) is 12.3. The molecule has 0 saturated carbocycles. The molecule has 2 aromatic heterocycles. The zero-order valence-electron chi connectivity index (χ0n) is 13.1. The molecule has 0 saturated heterocycles. The molecule has 3 aromatic carbocycles. The zero-order valence-corrected chi connectivity index (χ0v) is 14.7. The van der Waals surface area contributed by atoms with Crippen molar-refractivity contribution in [2.24, 2.45) is 0 Å². The Balaban J connectivity index is 2.05. The lowest BCUT2D eigenvalue weighted by molar-refractivity contribution is 0.590. The van der Waals surface area contributed by atoms with Crippen LogP contribution in [0.1, 0.15) is 0 Å². The first-order valence-corrected chi connectivity index (χ1v) is 10.2. The molecule has 122 valence electrons. The number of para-hydroxylation sites is 1. The Morgan fingerprint density at radius 3 is 2.36 bits per heavy atom. The summed E-state index contributed by atoms with van der Waals surface area (Å²) in [4.78, 5) is 0.297. The summed E-state index contributed by atoms with van der Waals surface area (Å²) >= 11 is 1.57. The molecule has 5 aromatic rings. The lowest BCUT2D eigenvalue weighted by Gasteiger charge is -2.09. The number of hydrogen-bond donors (Lipinski definition) is 0. The van der Waals surface area contributed by atoms with Gasteiger partial charge >= 0.3 is 0 Å². The summed E-state index contributed by atoms with van der Waals surface area (Å²) in [5.74, 6) is 0. The van der Waals surface area contributed by atoms with Crippen LogP contribution in [0.15, 0.2) is 83.1 Å². The van der Waals surface area contributed by atoms with Gasteiger partial charge in [0.25, 0.3) is 10.0 Å². The summed E-state index contributed by atoms with van der Waals surface area (Å²) in [6, 6.07) is 22.4. The van der Waals surface area contributed by atoms with Gasteiger partial charge in [-0.25, -0.2) is 12.4 Å². The van der Waals surface area contributed by atoms with Crippen molar-refractivity contribution in [2.75, 3.05) is 0 Å². The van der Waals surface area contributed by atoms with E-state index < -0.39 is 10.0 Å². The highest BCUT2D eigenvalue weighted by Gasteiger charge is 2.24. The molecule has 3 nitrogen and oxygen atoms in total. The van der Waals surface area contributed by atoms with Crippen molar-refractivity contribution < 1.29 is 8.42 Å². The van der Waals surface area contributed by atoms with Crippen molar-refractivity contribution in [3.05, 3.63) is 78.2 Å². The second-order valence-corrected chi connectivity index (χ2v) is 8.60. The van der Waals surface area contributed by atoms with Crippen LogP contribution in [0.4, 0.5) is 0 Å². The van der Waals surface area contributed by atoms with Gasteiger partial charge in [0, 0.05) is 10.8 Å². The SMILES string of the molecule is O=S(=O)(c1ccccc1)n1c2ccccc2c2ccc3ccsc3c21. The monoisotopic (exact) mass is 363 g/mol. The Morgan fingerprint density at radius 2 is 1.52 bits per heavy atom. The van der Waals surface area contributed by atoms with Crippen molar-refractivity contribution in [2.45, 2.75) is 4.90 Å². The standard InChI is InChI=1S/C20H13NO2S2/c22-25(23,15-6-2-1-3-7-15)21-18-9-5-4-8-16(18)17-11-10-14-12-13-24-20(14)19(17)21/h1-13H. The summed E-state index contributed by atoms with van der Waals surface area (Å²) < 4.78 is 29.4. The van der Waals surface area contributed by atoms with Crippen LogP contribution in [0, 0.1) is 0 Å². The number of hydrogen-bond acceptors (Lipinski definition) is 3. The number of thiophene rings is 1. The third-order valence-corrected chi connectivity index (χ3v) is 7.16. The molecule has 0 aliphatic carbocycles. The van der Waals surface area contributed by atoms with Crippen molar-refractivity contribution in [1.29, 1.82) is 0 Å².